The van der Waals surface area contributed by atoms with E-state index >= 15 is 0 Å². The maximum atomic E-state index is 5.64. The molecule has 0 aliphatic carbocycles. The third kappa shape index (κ3) is 3.11. The normalized spacial score (nSPS) is 18.2. The summed E-state index contributed by atoms with van der Waals surface area (Å²) in [5.41, 5.74) is 11.2. The summed E-state index contributed by atoms with van der Waals surface area (Å²) in [7, 11) is 0. The van der Waals surface area contributed by atoms with Crippen molar-refractivity contribution in [1.82, 2.24) is 0 Å². The van der Waals surface area contributed by atoms with Crippen molar-refractivity contribution in [2.24, 2.45) is 5.73 Å². The van der Waals surface area contributed by atoms with Crippen LogP contribution < -0.4 is 10.6 Å². The third-order valence-corrected chi connectivity index (χ3v) is 4.49. The third-order valence-electron chi connectivity index (χ3n) is 4.49. The molecular weight excluding hydrogens is 256 g/mol. The van der Waals surface area contributed by atoms with Gasteiger partial charge in [0.2, 0.25) is 0 Å². The Labute approximate surface area is 127 Å². The quantitative estimate of drug-likeness (QED) is 0.929. The topological polar surface area (TPSA) is 29.3 Å². The van der Waals surface area contributed by atoms with Crippen LogP contribution >= 0.6 is 0 Å². The van der Waals surface area contributed by atoms with Crippen molar-refractivity contribution in [1.29, 1.82) is 0 Å². The van der Waals surface area contributed by atoms with E-state index in [0.29, 0.717) is 5.92 Å². The standard InChI is InChI=1S/C19H24N2/c1-15-13-16(9-11-20)7-8-19(15)21-12-10-18(14-21)17-5-3-2-4-6-17/h2-8,13,18H,9-12,14,20H2,1H3. The first-order chi connectivity index (χ1) is 10.3. The summed E-state index contributed by atoms with van der Waals surface area (Å²) in [6, 6.07) is 17.7. The SMILES string of the molecule is Cc1cc(CCN)ccc1N1CCC(c2ccccc2)C1. The summed E-state index contributed by atoms with van der Waals surface area (Å²) in [5, 5.41) is 0. The molecule has 0 amide bonds. The minimum absolute atomic E-state index is 0.661. The number of nitrogens with zero attached hydrogens (tertiary/aromatic N) is 1. The van der Waals surface area contributed by atoms with E-state index in [-0.39, 0.29) is 0 Å². The minimum atomic E-state index is 0.661. The van der Waals surface area contributed by atoms with E-state index in [9.17, 15) is 0 Å². The molecule has 1 aliphatic rings. The lowest BCUT2D eigenvalue weighted by atomic mass is 9.99. The predicted molar refractivity (Wildman–Crippen MR) is 90.0 cm³/mol. The zero-order valence-electron chi connectivity index (χ0n) is 12.8. The summed E-state index contributed by atoms with van der Waals surface area (Å²) in [6.07, 6.45) is 2.21. The Balaban J connectivity index is 1.74. The van der Waals surface area contributed by atoms with Gasteiger partial charge < -0.3 is 10.6 Å². The Morgan fingerprint density at radius 1 is 1.14 bits per heavy atom. The van der Waals surface area contributed by atoms with Gasteiger partial charge in [0.1, 0.15) is 0 Å². The van der Waals surface area contributed by atoms with Gasteiger partial charge in [0.25, 0.3) is 0 Å². The average Bonchev–Trinajstić information content (AvgIpc) is 2.98. The van der Waals surface area contributed by atoms with Crippen LogP contribution in [0.25, 0.3) is 0 Å². The zero-order valence-corrected chi connectivity index (χ0v) is 12.8. The molecule has 2 aromatic rings. The molecule has 2 heteroatoms. The molecule has 1 fully saturated rings. The van der Waals surface area contributed by atoms with Gasteiger partial charge in [-0.3, -0.25) is 0 Å². The maximum Gasteiger partial charge on any atom is 0.0396 e. The number of benzene rings is 2. The van der Waals surface area contributed by atoms with Gasteiger partial charge >= 0.3 is 0 Å². The van der Waals surface area contributed by atoms with Crippen LogP contribution in [0.4, 0.5) is 5.69 Å². The fourth-order valence-corrected chi connectivity index (χ4v) is 3.37. The van der Waals surface area contributed by atoms with Crippen molar-refractivity contribution in [2.45, 2.75) is 25.7 Å². The molecule has 2 aromatic carbocycles. The van der Waals surface area contributed by atoms with Crippen molar-refractivity contribution in [3.63, 3.8) is 0 Å². The molecule has 0 radical (unpaired) electrons. The molecule has 1 heterocycles. The van der Waals surface area contributed by atoms with Gasteiger partial charge in [-0.15, -0.1) is 0 Å². The molecule has 0 bridgehead atoms. The van der Waals surface area contributed by atoms with Gasteiger partial charge in [0.15, 0.2) is 0 Å². The monoisotopic (exact) mass is 280 g/mol. The second-order valence-corrected chi connectivity index (χ2v) is 6.00. The molecule has 110 valence electrons. The molecule has 1 aliphatic heterocycles. The van der Waals surface area contributed by atoms with Crippen LogP contribution in [-0.2, 0) is 6.42 Å². The van der Waals surface area contributed by atoms with Gasteiger partial charge in [0.05, 0.1) is 0 Å². The van der Waals surface area contributed by atoms with E-state index in [1.165, 1.54) is 28.8 Å². The number of aryl methyl sites for hydroxylation is 1. The lowest BCUT2D eigenvalue weighted by Crippen LogP contribution is -2.20. The molecule has 2 N–H and O–H groups in total. The molecule has 1 atom stereocenters. The fraction of sp³-hybridized carbons (Fsp3) is 0.368. The molecule has 3 rings (SSSR count). The maximum absolute atomic E-state index is 5.64. The van der Waals surface area contributed by atoms with Crippen LogP contribution in [0.2, 0.25) is 0 Å². The Kier molecular flexibility index (Phi) is 4.26. The fourth-order valence-electron chi connectivity index (χ4n) is 3.37. The van der Waals surface area contributed by atoms with E-state index in [2.05, 4.69) is 60.4 Å². The Morgan fingerprint density at radius 2 is 1.95 bits per heavy atom. The lowest BCUT2D eigenvalue weighted by Gasteiger charge is -2.22. The number of nitrogens with two attached hydrogens (primary N) is 1. The van der Waals surface area contributed by atoms with Crippen LogP contribution in [0, 0.1) is 6.92 Å². The second kappa shape index (κ2) is 6.31. The summed E-state index contributed by atoms with van der Waals surface area (Å²) >= 11 is 0. The smallest absolute Gasteiger partial charge is 0.0396 e. The average molecular weight is 280 g/mol. The highest BCUT2D eigenvalue weighted by molar-refractivity contribution is 5.56. The molecule has 0 spiro atoms. The molecular formula is C19H24N2. The van der Waals surface area contributed by atoms with Crippen molar-refractivity contribution in [3.05, 3.63) is 65.2 Å². The van der Waals surface area contributed by atoms with Crippen molar-refractivity contribution in [3.8, 4) is 0 Å². The number of hydrogen-bond acceptors (Lipinski definition) is 2. The van der Waals surface area contributed by atoms with E-state index in [1.54, 1.807) is 0 Å². The number of hydrogen-bond donors (Lipinski definition) is 1. The number of anilines is 1. The van der Waals surface area contributed by atoms with Crippen LogP contribution in [0.1, 0.15) is 29.0 Å². The highest BCUT2D eigenvalue weighted by Crippen LogP contribution is 2.32. The lowest BCUT2D eigenvalue weighted by molar-refractivity contribution is 0.775. The van der Waals surface area contributed by atoms with Crippen LogP contribution in [0.15, 0.2) is 48.5 Å². The molecule has 1 unspecified atom stereocenters. The second-order valence-electron chi connectivity index (χ2n) is 6.00. The molecule has 21 heavy (non-hydrogen) atoms. The Morgan fingerprint density at radius 3 is 2.67 bits per heavy atom. The zero-order chi connectivity index (χ0) is 14.7. The van der Waals surface area contributed by atoms with E-state index in [4.69, 9.17) is 5.73 Å². The summed E-state index contributed by atoms with van der Waals surface area (Å²) in [6.45, 7) is 5.21. The van der Waals surface area contributed by atoms with E-state index in [1.807, 2.05) is 0 Å². The first kappa shape index (κ1) is 14.2. The van der Waals surface area contributed by atoms with Crippen LogP contribution in [-0.4, -0.2) is 19.6 Å². The van der Waals surface area contributed by atoms with Crippen molar-refractivity contribution < 1.29 is 0 Å². The first-order valence-electron chi connectivity index (χ1n) is 7.87. The van der Waals surface area contributed by atoms with Crippen LogP contribution in [0.3, 0.4) is 0 Å². The highest BCUT2D eigenvalue weighted by atomic mass is 15.2. The van der Waals surface area contributed by atoms with Gasteiger partial charge in [-0.2, -0.15) is 0 Å². The summed E-state index contributed by atoms with van der Waals surface area (Å²) in [4.78, 5) is 2.53. The predicted octanol–water partition coefficient (Wildman–Crippen LogP) is 3.49. The molecule has 0 saturated carbocycles. The first-order valence-corrected chi connectivity index (χ1v) is 7.87. The van der Waals surface area contributed by atoms with Gasteiger partial charge in [-0.25, -0.2) is 0 Å². The minimum Gasteiger partial charge on any atom is -0.371 e. The number of rotatable bonds is 4. The Bertz CT molecular complexity index is 592. The van der Waals surface area contributed by atoms with Crippen molar-refractivity contribution >= 4 is 5.69 Å². The molecule has 1 saturated heterocycles. The van der Waals surface area contributed by atoms with Gasteiger partial charge in [0, 0.05) is 24.7 Å². The molecule has 0 aromatic heterocycles. The van der Waals surface area contributed by atoms with Crippen molar-refractivity contribution in [2.75, 3.05) is 24.5 Å². The summed E-state index contributed by atoms with van der Waals surface area (Å²) < 4.78 is 0. The van der Waals surface area contributed by atoms with E-state index < -0.39 is 0 Å². The van der Waals surface area contributed by atoms with Crippen LogP contribution in [0.5, 0.6) is 0 Å². The summed E-state index contributed by atoms with van der Waals surface area (Å²) in [5.74, 6) is 0.661. The molecule has 2 nitrogen and oxygen atoms in total. The Hall–Kier alpha value is -1.80. The van der Waals surface area contributed by atoms with E-state index in [0.717, 1.165) is 26.1 Å². The van der Waals surface area contributed by atoms with Gasteiger partial charge in [-0.1, -0.05) is 42.5 Å². The highest BCUT2D eigenvalue weighted by Gasteiger charge is 2.24. The largest absolute Gasteiger partial charge is 0.371 e. The van der Waals surface area contributed by atoms with Gasteiger partial charge in [-0.05, 0) is 49.1 Å².